The SMILES string of the molecule is O=C(c1cccc(I)c1)c1cc2[nH]c(=O)[nH]c2cc1Br. The number of ketones is 1. The molecule has 0 saturated carbocycles. The van der Waals surface area contributed by atoms with Gasteiger partial charge in [0.25, 0.3) is 0 Å². The first-order valence-corrected chi connectivity index (χ1v) is 7.63. The highest BCUT2D eigenvalue weighted by Crippen LogP contribution is 2.24. The molecule has 2 aromatic carbocycles. The number of aromatic amines is 2. The first-order chi connectivity index (χ1) is 9.54. The summed E-state index contributed by atoms with van der Waals surface area (Å²) in [7, 11) is 0. The van der Waals surface area contributed by atoms with Gasteiger partial charge in [-0.3, -0.25) is 4.79 Å². The van der Waals surface area contributed by atoms with Crippen LogP contribution in [0.1, 0.15) is 15.9 Å². The summed E-state index contributed by atoms with van der Waals surface area (Å²) < 4.78 is 1.66. The number of aromatic nitrogens is 2. The molecule has 2 N–H and O–H groups in total. The Labute approximate surface area is 135 Å². The van der Waals surface area contributed by atoms with E-state index in [2.05, 4.69) is 48.5 Å². The van der Waals surface area contributed by atoms with Crippen molar-refractivity contribution in [1.29, 1.82) is 0 Å². The summed E-state index contributed by atoms with van der Waals surface area (Å²) in [5, 5.41) is 0. The topological polar surface area (TPSA) is 65.7 Å². The van der Waals surface area contributed by atoms with Gasteiger partial charge in [-0.25, -0.2) is 4.79 Å². The molecule has 1 heterocycles. The molecular formula is C14H8BrIN2O2. The normalized spacial score (nSPS) is 10.9. The number of rotatable bonds is 2. The van der Waals surface area contributed by atoms with E-state index >= 15 is 0 Å². The van der Waals surface area contributed by atoms with E-state index in [9.17, 15) is 9.59 Å². The Morgan fingerprint density at radius 3 is 2.50 bits per heavy atom. The number of nitrogens with one attached hydrogen (secondary N) is 2. The Morgan fingerprint density at radius 2 is 1.80 bits per heavy atom. The molecule has 0 saturated heterocycles. The monoisotopic (exact) mass is 442 g/mol. The van der Waals surface area contributed by atoms with Crippen molar-refractivity contribution in [3.8, 4) is 0 Å². The third-order valence-corrected chi connectivity index (χ3v) is 4.26. The Kier molecular flexibility index (Phi) is 3.51. The standard InChI is InChI=1S/C14H8BrIN2O2/c15-10-6-12-11(17-14(20)18-12)5-9(10)13(19)7-2-1-3-8(16)4-7/h1-6H,(H2,17,18,20). The summed E-state index contributed by atoms with van der Waals surface area (Å²) in [4.78, 5) is 29.1. The quantitative estimate of drug-likeness (QED) is 0.471. The summed E-state index contributed by atoms with van der Waals surface area (Å²) >= 11 is 5.55. The van der Waals surface area contributed by atoms with E-state index in [4.69, 9.17) is 0 Å². The van der Waals surface area contributed by atoms with Crippen LogP contribution in [0.4, 0.5) is 0 Å². The molecule has 0 unspecified atom stereocenters. The third kappa shape index (κ3) is 2.45. The van der Waals surface area contributed by atoms with E-state index < -0.39 is 0 Å². The van der Waals surface area contributed by atoms with E-state index in [1.807, 2.05) is 18.2 Å². The molecule has 0 amide bonds. The molecule has 4 nitrogen and oxygen atoms in total. The maximum absolute atomic E-state index is 12.5. The third-order valence-electron chi connectivity index (χ3n) is 2.94. The van der Waals surface area contributed by atoms with Gasteiger partial charge in [-0.05, 0) is 62.8 Å². The van der Waals surface area contributed by atoms with Crippen molar-refractivity contribution in [3.05, 3.63) is 66.1 Å². The van der Waals surface area contributed by atoms with Crippen LogP contribution in [0, 0.1) is 3.57 Å². The summed E-state index contributed by atoms with van der Waals surface area (Å²) in [5.74, 6) is -0.0839. The van der Waals surface area contributed by atoms with Crippen molar-refractivity contribution in [2.24, 2.45) is 0 Å². The zero-order valence-electron chi connectivity index (χ0n) is 10.0. The van der Waals surface area contributed by atoms with Crippen LogP contribution < -0.4 is 5.69 Å². The second-order valence-electron chi connectivity index (χ2n) is 4.30. The van der Waals surface area contributed by atoms with Crippen LogP contribution in [0.5, 0.6) is 0 Å². The fraction of sp³-hybridized carbons (Fsp3) is 0. The molecule has 3 rings (SSSR count). The predicted octanol–water partition coefficient (Wildman–Crippen LogP) is 3.45. The minimum absolute atomic E-state index is 0.0839. The molecule has 0 spiro atoms. The van der Waals surface area contributed by atoms with Crippen LogP contribution >= 0.6 is 38.5 Å². The van der Waals surface area contributed by atoms with Gasteiger partial charge in [0, 0.05) is 19.2 Å². The van der Waals surface area contributed by atoms with E-state index in [1.165, 1.54) is 0 Å². The Balaban J connectivity index is 2.16. The van der Waals surface area contributed by atoms with E-state index in [0.29, 0.717) is 26.6 Å². The lowest BCUT2D eigenvalue weighted by Crippen LogP contribution is -2.02. The molecule has 0 fully saturated rings. The summed E-state index contributed by atoms with van der Waals surface area (Å²) in [5.41, 5.74) is 2.14. The fourth-order valence-electron chi connectivity index (χ4n) is 2.02. The first-order valence-electron chi connectivity index (χ1n) is 5.76. The predicted molar refractivity (Wildman–Crippen MR) is 89.2 cm³/mol. The van der Waals surface area contributed by atoms with Gasteiger partial charge >= 0.3 is 5.69 Å². The van der Waals surface area contributed by atoms with Crippen molar-refractivity contribution in [2.75, 3.05) is 0 Å². The molecule has 0 aliphatic carbocycles. The first kappa shape index (κ1) is 13.6. The van der Waals surface area contributed by atoms with Crippen LogP contribution in [0.15, 0.2) is 45.7 Å². The van der Waals surface area contributed by atoms with Crippen LogP contribution in [0.2, 0.25) is 0 Å². The Bertz CT molecular complexity index is 882. The largest absolute Gasteiger partial charge is 0.323 e. The molecule has 0 aliphatic rings. The summed E-state index contributed by atoms with van der Waals surface area (Å²) in [6.07, 6.45) is 0. The lowest BCUT2D eigenvalue weighted by molar-refractivity contribution is 0.103. The highest BCUT2D eigenvalue weighted by Gasteiger charge is 2.15. The molecule has 1 aromatic heterocycles. The number of carbonyl (C=O) groups excluding carboxylic acids is 1. The van der Waals surface area contributed by atoms with E-state index in [-0.39, 0.29) is 11.5 Å². The van der Waals surface area contributed by atoms with Gasteiger partial charge in [0.2, 0.25) is 0 Å². The van der Waals surface area contributed by atoms with Crippen LogP contribution in [-0.2, 0) is 0 Å². The van der Waals surface area contributed by atoms with Crippen molar-refractivity contribution < 1.29 is 4.79 Å². The van der Waals surface area contributed by atoms with Gasteiger partial charge in [0.15, 0.2) is 5.78 Å². The molecule has 0 bridgehead atoms. The van der Waals surface area contributed by atoms with Gasteiger partial charge < -0.3 is 9.97 Å². The maximum atomic E-state index is 12.5. The van der Waals surface area contributed by atoms with Crippen LogP contribution in [0.25, 0.3) is 11.0 Å². The van der Waals surface area contributed by atoms with Gasteiger partial charge in [0.05, 0.1) is 11.0 Å². The van der Waals surface area contributed by atoms with Gasteiger partial charge in [-0.15, -0.1) is 0 Å². The maximum Gasteiger partial charge on any atom is 0.323 e. The lowest BCUT2D eigenvalue weighted by atomic mass is 10.0. The zero-order valence-corrected chi connectivity index (χ0v) is 13.8. The molecule has 0 radical (unpaired) electrons. The number of fused-ring (bicyclic) bond motifs is 1. The lowest BCUT2D eigenvalue weighted by Gasteiger charge is -2.05. The second kappa shape index (κ2) is 5.17. The smallest absolute Gasteiger partial charge is 0.306 e. The molecular weight excluding hydrogens is 435 g/mol. The number of halogens is 2. The van der Waals surface area contributed by atoms with Crippen LogP contribution in [0.3, 0.4) is 0 Å². The van der Waals surface area contributed by atoms with Crippen molar-refractivity contribution in [1.82, 2.24) is 9.97 Å². The Morgan fingerprint density at radius 1 is 1.10 bits per heavy atom. The highest BCUT2D eigenvalue weighted by atomic mass is 127. The number of hydrogen-bond acceptors (Lipinski definition) is 2. The minimum atomic E-state index is -0.286. The van der Waals surface area contributed by atoms with Gasteiger partial charge in [0.1, 0.15) is 0 Å². The average molecular weight is 443 g/mol. The number of benzene rings is 2. The highest BCUT2D eigenvalue weighted by molar-refractivity contribution is 14.1. The zero-order chi connectivity index (χ0) is 14.3. The number of hydrogen-bond donors (Lipinski definition) is 2. The molecule has 0 atom stereocenters. The van der Waals surface area contributed by atoms with Crippen molar-refractivity contribution in [3.63, 3.8) is 0 Å². The van der Waals surface area contributed by atoms with Crippen LogP contribution in [-0.4, -0.2) is 15.8 Å². The number of carbonyl (C=O) groups is 1. The van der Waals surface area contributed by atoms with Gasteiger partial charge in [-0.2, -0.15) is 0 Å². The van der Waals surface area contributed by atoms with E-state index in [1.54, 1.807) is 18.2 Å². The fourth-order valence-corrected chi connectivity index (χ4v) is 3.08. The average Bonchev–Trinajstić information content (AvgIpc) is 2.76. The Hall–Kier alpha value is -1.41. The molecule has 6 heteroatoms. The molecule has 100 valence electrons. The molecule has 0 aliphatic heterocycles. The number of imidazole rings is 1. The number of H-pyrrole nitrogens is 2. The van der Waals surface area contributed by atoms with Crippen molar-refractivity contribution in [2.45, 2.75) is 0 Å². The van der Waals surface area contributed by atoms with Crippen molar-refractivity contribution >= 4 is 55.3 Å². The summed E-state index contributed by atoms with van der Waals surface area (Å²) in [6.45, 7) is 0. The second-order valence-corrected chi connectivity index (χ2v) is 6.40. The van der Waals surface area contributed by atoms with E-state index in [0.717, 1.165) is 3.57 Å². The van der Waals surface area contributed by atoms with Gasteiger partial charge in [-0.1, -0.05) is 12.1 Å². The molecule has 3 aromatic rings. The molecule has 20 heavy (non-hydrogen) atoms. The summed E-state index contributed by atoms with van der Waals surface area (Å²) in [6, 6.07) is 10.8. The minimum Gasteiger partial charge on any atom is -0.306 e.